The van der Waals surface area contributed by atoms with Crippen LogP contribution in [0.3, 0.4) is 0 Å². The molecule has 5 N–H and O–H groups in total. The van der Waals surface area contributed by atoms with E-state index in [1.165, 1.54) is 35.0 Å². The number of hydrogen-bond donors (Lipinski definition) is 4. The number of nitrogens with one attached hydrogen (secondary N) is 2. The summed E-state index contributed by atoms with van der Waals surface area (Å²) in [5.41, 5.74) is -0.767. The number of benzene rings is 5. The Bertz CT molecular complexity index is 2320. The quantitative estimate of drug-likeness (QED) is 0.0369. The molecule has 2 aliphatic heterocycles. The van der Waals surface area contributed by atoms with E-state index in [0.717, 1.165) is 107 Å². The van der Waals surface area contributed by atoms with Crippen molar-refractivity contribution in [2.24, 2.45) is 5.84 Å². The molecule has 5 aromatic carbocycles. The van der Waals surface area contributed by atoms with Crippen LogP contribution in [0, 0.1) is 0 Å². The Morgan fingerprint density at radius 2 is 1.41 bits per heavy atom. The second-order valence-corrected chi connectivity index (χ2v) is 19.1. The zero-order valence-electron chi connectivity index (χ0n) is 35.8. The summed E-state index contributed by atoms with van der Waals surface area (Å²) in [7, 11) is -4.67. The van der Waals surface area contributed by atoms with Gasteiger partial charge in [0.2, 0.25) is 0 Å². The largest absolute Gasteiger partial charge is 0.501 e. The van der Waals surface area contributed by atoms with Crippen molar-refractivity contribution in [2.75, 3.05) is 88.5 Å². The predicted molar refractivity (Wildman–Crippen MR) is 255 cm³/mol. The van der Waals surface area contributed by atoms with Crippen LogP contribution in [-0.2, 0) is 16.4 Å². The Hall–Kier alpha value is -4.30. The normalized spacial score (nSPS) is 15.0. The lowest BCUT2D eigenvalue weighted by atomic mass is 9.99. The third kappa shape index (κ3) is 14.6. The third-order valence-corrected chi connectivity index (χ3v) is 14.1. The standard InChI is InChI=1S/C39H36ClF3N4O3S3.C6H15N3.CH4O/c40-31-14-10-28(11-15-31)35-9-5-4-6-30(35)27-46-21-23-47(24-22-46)32-16-12-29(13-17-32)38(48)45-52-34-18-19-36(37(26-34)53(49,50)39(41,42)43)44-20-25-51-33-7-2-1-3-8-33;1-2-8-3-5-9(7)6-4-8;1-2/h1-19,26,44H,20-25,27H2,(H,45,48);2-7H2,1H3;2H,1H3. The van der Waals surface area contributed by atoms with Gasteiger partial charge in [-0.25, -0.2) is 13.4 Å². The minimum Gasteiger partial charge on any atom is -0.400 e. The van der Waals surface area contributed by atoms with Gasteiger partial charge in [-0.15, -0.1) is 11.8 Å². The molecule has 18 heteroatoms. The maximum absolute atomic E-state index is 13.6. The fourth-order valence-corrected chi connectivity index (χ4v) is 9.56. The molecule has 1 amide bonds. The molecule has 2 heterocycles. The molecule has 0 aromatic heterocycles. The van der Waals surface area contributed by atoms with Gasteiger partial charge in [-0.05, 0) is 102 Å². The average Bonchev–Trinajstić information content (AvgIpc) is 3.32. The van der Waals surface area contributed by atoms with Crippen molar-refractivity contribution >= 4 is 62.4 Å². The lowest BCUT2D eigenvalue weighted by Crippen LogP contribution is -2.49. The van der Waals surface area contributed by atoms with E-state index in [-0.39, 0.29) is 17.1 Å². The van der Waals surface area contributed by atoms with E-state index in [1.54, 1.807) is 12.1 Å². The molecule has 0 bridgehead atoms. The molecule has 0 unspecified atom stereocenters. The van der Waals surface area contributed by atoms with Crippen LogP contribution in [0.2, 0.25) is 5.02 Å². The second-order valence-electron chi connectivity index (χ2n) is 14.7. The molecule has 0 spiro atoms. The van der Waals surface area contributed by atoms with Gasteiger partial charge in [-0.2, -0.15) is 13.2 Å². The van der Waals surface area contributed by atoms with Crippen LogP contribution in [-0.4, -0.2) is 118 Å². The van der Waals surface area contributed by atoms with Crippen LogP contribution in [0.4, 0.5) is 24.5 Å². The van der Waals surface area contributed by atoms with E-state index in [1.807, 2.05) is 77.8 Å². The molecule has 11 nitrogen and oxygen atoms in total. The number of rotatable bonds is 14. The highest BCUT2D eigenvalue weighted by molar-refractivity contribution is 7.99. The highest BCUT2D eigenvalue weighted by Gasteiger charge is 2.48. The van der Waals surface area contributed by atoms with Gasteiger partial charge in [-0.3, -0.25) is 20.3 Å². The fraction of sp³-hybridized carbons (Fsp3) is 0.326. The van der Waals surface area contributed by atoms with Crippen LogP contribution >= 0.6 is 35.3 Å². The van der Waals surface area contributed by atoms with Crippen molar-refractivity contribution in [1.29, 1.82) is 0 Å². The molecule has 5 aromatic rings. The topological polar surface area (TPSA) is 134 Å². The highest BCUT2D eigenvalue weighted by Crippen LogP contribution is 2.37. The molecule has 2 aliphatic rings. The fourth-order valence-electron chi connectivity index (χ4n) is 6.97. The number of likely N-dealkylation sites (N-methyl/N-ethyl adjacent to an activating group) is 1. The molecule has 2 saturated heterocycles. The number of sulfone groups is 1. The number of nitrogens with zero attached hydrogens (tertiary/aromatic N) is 4. The lowest BCUT2D eigenvalue weighted by Gasteiger charge is -2.36. The Labute approximate surface area is 388 Å². The van der Waals surface area contributed by atoms with E-state index < -0.39 is 26.1 Å². The third-order valence-electron chi connectivity index (χ3n) is 10.5. The number of hydrazine groups is 1. The first-order valence-corrected chi connectivity index (χ1v) is 24.4. The number of thioether (sulfide) groups is 1. The summed E-state index contributed by atoms with van der Waals surface area (Å²) in [5.74, 6) is 5.59. The Morgan fingerprint density at radius 3 is 2.05 bits per heavy atom. The average molecular weight is 959 g/mol. The molecule has 0 radical (unpaired) electrons. The molecule has 344 valence electrons. The van der Waals surface area contributed by atoms with Crippen molar-refractivity contribution in [1.82, 2.24) is 19.5 Å². The van der Waals surface area contributed by atoms with Gasteiger partial charge in [-0.1, -0.05) is 73.1 Å². The predicted octanol–water partition coefficient (Wildman–Crippen LogP) is 8.37. The summed E-state index contributed by atoms with van der Waals surface area (Å²) in [5, 5.41) is 12.4. The van der Waals surface area contributed by atoms with E-state index in [9.17, 15) is 26.4 Å². The van der Waals surface area contributed by atoms with Gasteiger partial charge < -0.3 is 20.2 Å². The number of nitrogens with two attached hydrogens (primary N) is 1. The molecule has 64 heavy (non-hydrogen) atoms. The van der Waals surface area contributed by atoms with Gasteiger partial charge in [0.15, 0.2) is 0 Å². The zero-order chi connectivity index (χ0) is 46.1. The molecule has 0 saturated carbocycles. The number of amides is 1. The number of carbonyl (C=O) groups is 1. The van der Waals surface area contributed by atoms with E-state index in [2.05, 4.69) is 49.9 Å². The summed E-state index contributed by atoms with van der Waals surface area (Å²) in [6, 6.07) is 36.5. The zero-order valence-corrected chi connectivity index (χ0v) is 39.0. The smallest absolute Gasteiger partial charge is 0.400 e. The van der Waals surface area contributed by atoms with Crippen molar-refractivity contribution in [3.05, 3.63) is 137 Å². The molecule has 0 aliphatic carbocycles. The van der Waals surface area contributed by atoms with Crippen molar-refractivity contribution in [2.45, 2.75) is 33.7 Å². The van der Waals surface area contributed by atoms with E-state index in [0.29, 0.717) is 16.3 Å². The Balaban J connectivity index is 0.000000618. The van der Waals surface area contributed by atoms with Crippen LogP contribution in [0.25, 0.3) is 11.1 Å². The number of anilines is 2. The SMILES string of the molecule is CCN1CCN(N)CC1.CO.O=C(NSc1ccc(NCCSc2ccccc2)c(S(=O)(=O)C(F)(F)F)c1)c1ccc(N2CCN(Cc3ccccc3-c3ccc(Cl)cc3)CC2)cc1. The minimum atomic E-state index is -5.67. The lowest BCUT2D eigenvalue weighted by molar-refractivity contribution is -0.0435. The van der Waals surface area contributed by atoms with Crippen LogP contribution in [0.5, 0.6) is 0 Å². The van der Waals surface area contributed by atoms with Gasteiger partial charge in [0.05, 0.1) is 5.69 Å². The number of alkyl halides is 3. The minimum absolute atomic E-state index is 0.135. The highest BCUT2D eigenvalue weighted by atomic mass is 35.5. The monoisotopic (exact) mass is 957 g/mol. The van der Waals surface area contributed by atoms with Gasteiger partial charge in [0, 0.05) is 104 Å². The maximum Gasteiger partial charge on any atom is 0.501 e. The van der Waals surface area contributed by atoms with E-state index >= 15 is 0 Å². The number of carbonyl (C=O) groups excluding carboxylic acids is 1. The van der Waals surface area contributed by atoms with Crippen molar-refractivity contribution in [3.63, 3.8) is 0 Å². The van der Waals surface area contributed by atoms with Crippen molar-refractivity contribution in [3.8, 4) is 11.1 Å². The number of piperazine rings is 2. The van der Waals surface area contributed by atoms with Gasteiger partial charge in [0.1, 0.15) is 4.90 Å². The Kier molecular flexibility index (Phi) is 19.7. The van der Waals surface area contributed by atoms with Crippen LogP contribution in [0.15, 0.2) is 136 Å². The summed E-state index contributed by atoms with van der Waals surface area (Å²) in [6.45, 7) is 12.0. The summed E-state index contributed by atoms with van der Waals surface area (Å²) in [4.78, 5) is 20.3. The summed E-state index contributed by atoms with van der Waals surface area (Å²) in [6.07, 6.45) is 0. The summed E-state index contributed by atoms with van der Waals surface area (Å²) >= 11 is 8.33. The van der Waals surface area contributed by atoms with Gasteiger partial charge >= 0.3 is 5.51 Å². The van der Waals surface area contributed by atoms with Crippen LogP contribution in [0.1, 0.15) is 22.8 Å². The Morgan fingerprint density at radius 1 is 0.781 bits per heavy atom. The first kappa shape index (κ1) is 50.7. The molecular weight excluding hydrogens is 903 g/mol. The van der Waals surface area contributed by atoms with Gasteiger partial charge in [0.25, 0.3) is 15.7 Å². The number of aliphatic hydroxyl groups excluding tert-OH is 1. The number of halogens is 4. The van der Waals surface area contributed by atoms with Crippen molar-refractivity contribution < 1.29 is 31.5 Å². The summed E-state index contributed by atoms with van der Waals surface area (Å²) < 4.78 is 68.5. The first-order chi connectivity index (χ1) is 30.8. The molecule has 7 rings (SSSR count). The molecular formula is C46H55ClF3N7O4S3. The van der Waals surface area contributed by atoms with Crippen LogP contribution < -0.4 is 20.8 Å². The maximum atomic E-state index is 13.6. The number of aliphatic hydroxyl groups is 1. The molecule has 2 fully saturated rings. The molecule has 0 atom stereocenters. The second kappa shape index (κ2) is 24.8. The van der Waals surface area contributed by atoms with E-state index in [4.69, 9.17) is 22.6 Å². The first-order valence-electron chi connectivity index (χ1n) is 20.7. The number of hydrogen-bond acceptors (Lipinski definition) is 12.